The Morgan fingerprint density at radius 1 is 1.04 bits per heavy atom. The SMILES string of the molecule is CC1(C)OC(=O)C(=CNc2cccc3c(=O)c4cc(Cl)ccc4[nH]c23)C(=O)O1. The number of anilines is 1. The van der Waals surface area contributed by atoms with E-state index < -0.39 is 17.7 Å². The van der Waals surface area contributed by atoms with Crippen LogP contribution < -0.4 is 10.7 Å². The fourth-order valence-electron chi connectivity index (χ4n) is 3.02. The van der Waals surface area contributed by atoms with E-state index in [1.165, 1.54) is 20.0 Å². The van der Waals surface area contributed by atoms with Crippen LogP contribution in [0.5, 0.6) is 0 Å². The third kappa shape index (κ3) is 3.10. The van der Waals surface area contributed by atoms with Crippen molar-refractivity contribution in [2.75, 3.05) is 5.32 Å². The van der Waals surface area contributed by atoms with Gasteiger partial charge >= 0.3 is 11.9 Å². The quantitative estimate of drug-likeness (QED) is 0.297. The van der Waals surface area contributed by atoms with E-state index in [0.717, 1.165) is 0 Å². The van der Waals surface area contributed by atoms with Gasteiger partial charge in [-0.2, -0.15) is 0 Å². The molecule has 0 unspecified atom stereocenters. The number of rotatable bonds is 2. The van der Waals surface area contributed by atoms with Crippen molar-refractivity contribution < 1.29 is 19.1 Å². The van der Waals surface area contributed by atoms with E-state index in [0.29, 0.717) is 32.5 Å². The topological polar surface area (TPSA) is 97.5 Å². The predicted octanol–water partition coefficient (Wildman–Crippen LogP) is 3.47. The number of carbonyl (C=O) groups is 2. The summed E-state index contributed by atoms with van der Waals surface area (Å²) in [5.74, 6) is -2.89. The number of aromatic amines is 1. The number of carbonyl (C=O) groups excluding carboxylic acids is 2. The van der Waals surface area contributed by atoms with Gasteiger partial charge in [0.1, 0.15) is 0 Å². The van der Waals surface area contributed by atoms with E-state index in [4.69, 9.17) is 21.1 Å². The number of fused-ring (bicyclic) bond motifs is 2. The summed E-state index contributed by atoms with van der Waals surface area (Å²) >= 11 is 6.00. The van der Waals surface area contributed by atoms with Crippen LogP contribution in [-0.4, -0.2) is 22.7 Å². The van der Waals surface area contributed by atoms with Gasteiger partial charge in [-0.1, -0.05) is 17.7 Å². The van der Waals surface area contributed by atoms with Crippen molar-refractivity contribution in [2.45, 2.75) is 19.6 Å². The number of ether oxygens (including phenoxy) is 2. The van der Waals surface area contributed by atoms with Crippen molar-refractivity contribution in [3.63, 3.8) is 0 Å². The highest BCUT2D eigenvalue weighted by molar-refractivity contribution is 6.31. The molecule has 0 spiro atoms. The van der Waals surface area contributed by atoms with E-state index in [-0.39, 0.29) is 11.0 Å². The van der Waals surface area contributed by atoms with Gasteiger partial charge in [-0.3, -0.25) is 4.79 Å². The molecular formula is C20H15ClN2O5. The van der Waals surface area contributed by atoms with Crippen molar-refractivity contribution in [3.8, 4) is 0 Å². The Bertz CT molecular complexity index is 1220. The molecule has 3 aromatic rings. The zero-order valence-electron chi connectivity index (χ0n) is 15.0. The third-order valence-corrected chi connectivity index (χ3v) is 4.52. The minimum atomic E-state index is -1.31. The number of halogens is 1. The van der Waals surface area contributed by atoms with Crippen LogP contribution in [0.1, 0.15) is 13.8 Å². The van der Waals surface area contributed by atoms with E-state index in [9.17, 15) is 14.4 Å². The van der Waals surface area contributed by atoms with Gasteiger partial charge in [-0.15, -0.1) is 0 Å². The minimum Gasteiger partial charge on any atom is -0.419 e. The second-order valence-electron chi connectivity index (χ2n) is 6.75. The van der Waals surface area contributed by atoms with Crippen LogP contribution in [0.4, 0.5) is 5.69 Å². The number of benzene rings is 2. The highest BCUT2D eigenvalue weighted by atomic mass is 35.5. The summed E-state index contributed by atoms with van der Waals surface area (Å²) in [6, 6.07) is 10.1. The average molecular weight is 399 g/mol. The Morgan fingerprint density at radius 2 is 1.75 bits per heavy atom. The van der Waals surface area contributed by atoms with Crippen LogP contribution in [0.2, 0.25) is 5.02 Å². The molecular weight excluding hydrogens is 384 g/mol. The Morgan fingerprint density at radius 3 is 2.46 bits per heavy atom. The van der Waals surface area contributed by atoms with Gasteiger partial charge in [0, 0.05) is 41.4 Å². The molecule has 0 saturated carbocycles. The molecule has 2 aromatic carbocycles. The summed E-state index contributed by atoms with van der Waals surface area (Å²) in [6.45, 7) is 2.94. The maximum atomic E-state index is 12.8. The monoisotopic (exact) mass is 398 g/mol. The Hall–Kier alpha value is -3.32. The highest BCUT2D eigenvalue weighted by Gasteiger charge is 2.38. The maximum Gasteiger partial charge on any atom is 0.350 e. The molecule has 0 bridgehead atoms. The van der Waals surface area contributed by atoms with E-state index in [1.807, 2.05) is 0 Å². The summed E-state index contributed by atoms with van der Waals surface area (Å²) < 4.78 is 10.1. The molecule has 0 radical (unpaired) electrons. The first kappa shape index (κ1) is 18.1. The lowest BCUT2D eigenvalue weighted by molar-refractivity contribution is -0.222. The van der Waals surface area contributed by atoms with E-state index in [2.05, 4.69) is 10.3 Å². The highest BCUT2D eigenvalue weighted by Crippen LogP contribution is 2.26. The number of hydrogen-bond acceptors (Lipinski definition) is 6. The molecule has 0 amide bonds. The molecule has 4 rings (SSSR count). The molecule has 142 valence electrons. The van der Waals surface area contributed by atoms with Crippen molar-refractivity contribution in [1.82, 2.24) is 4.98 Å². The molecule has 28 heavy (non-hydrogen) atoms. The molecule has 2 N–H and O–H groups in total. The summed E-state index contributed by atoms with van der Waals surface area (Å²) in [5.41, 5.74) is 1.19. The van der Waals surface area contributed by atoms with Crippen molar-refractivity contribution >= 4 is 51.0 Å². The summed E-state index contributed by atoms with van der Waals surface area (Å²) in [4.78, 5) is 40.1. The zero-order valence-corrected chi connectivity index (χ0v) is 15.7. The Labute approximate surface area is 163 Å². The summed E-state index contributed by atoms with van der Waals surface area (Å²) in [6.07, 6.45) is 1.21. The van der Waals surface area contributed by atoms with Crippen LogP contribution in [-0.2, 0) is 19.1 Å². The molecule has 1 aliphatic rings. The van der Waals surface area contributed by atoms with Gasteiger partial charge < -0.3 is 19.8 Å². The summed E-state index contributed by atoms with van der Waals surface area (Å²) in [7, 11) is 0. The van der Waals surface area contributed by atoms with Gasteiger partial charge in [0.15, 0.2) is 11.0 Å². The van der Waals surface area contributed by atoms with Crippen LogP contribution in [0, 0.1) is 0 Å². The van der Waals surface area contributed by atoms with E-state index in [1.54, 1.807) is 36.4 Å². The molecule has 1 saturated heterocycles. The van der Waals surface area contributed by atoms with Gasteiger partial charge in [-0.25, -0.2) is 9.59 Å². The maximum absolute atomic E-state index is 12.8. The molecule has 8 heteroatoms. The lowest BCUT2D eigenvalue weighted by Gasteiger charge is -2.29. The van der Waals surface area contributed by atoms with Crippen LogP contribution >= 0.6 is 11.6 Å². The number of aromatic nitrogens is 1. The lowest BCUT2D eigenvalue weighted by atomic mass is 10.1. The van der Waals surface area contributed by atoms with Gasteiger partial charge in [0.05, 0.1) is 11.2 Å². The van der Waals surface area contributed by atoms with Crippen molar-refractivity contribution in [1.29, 1.82) is 0 Å². The third-order valence-electron chi connectivity index (χ3n) is 4.28. The average Bonchev–Trinajstić information content (AvgIpc) is 2.61. The molecule has 1 aliphatic heterocycles. The minimum absolute atomic E-state index is 0.180. The molecule has 7 nitrogen and oxygen atoms in total. The molecule has 1 aromatic heterocycles. The number of esters is 2. The first-order chi connectivity index (χ1) is 13.2. The molecule has 0 atom stereocenters. The van der Waals surface area contributed by atoms with E-state index >= 15 is 0 Å². The van der Waals surface area contributed by atoms with Crippen LogP contribution in [0.25, 0.3) is 21.8 Å². The lowest BCUT2D eigenvalue weighted by Crippen LogP contribution is -2.42. The predicted molar refractivity (Wildman–Crippen MR) is 105 cm³/mol. The second-order valence-corrected chi connectivity index (χ2v) is 7.19. The van der Waals surface area contributed by atoms with Crippen molar-refractivity contribution in [3.05, 3.63) is 63.4 Å². The fourth-order valence-corrected chi connectivity index (χ4v) is 3.19. The first-order valence-electron chi connectivity index (χ1n) is 8.43. The van der Waals surface area contributed by atoms with Gasteiger partial charge in [0.25, 0.3) is 5.79 Å². The van der Waals surface area contributed by atoms with Crippen LogP contribution in [0.15, 0.2) is 53.0 Å². The number of H-pyrrole nitrogens is 1. The van der Waals surface area contributed by atoms with Crippen LogP contribution in [0.3, 0.4) is 0 Å². The number of pyridine rings is 1. The molecule has 2 heterocycles. The normalized spacial score (nSPS) is 16.0. The largest absolute Gasteiger partial charge is 0.419 e. The number of para-hydroxylation sites is 1. The molecule has 1 fully saturated rings. The Balaban J connectivity index is 1.79. The zero-order chi connectivity index (χ0) is 20.1. The smallest absolute Gasteiger partial charge is 0.350 e. The number of hydrogen-bond donors (Lipinski definition) is 2. The summed E-state index contributed by atoms with van der Waals surface area (Å²) in [5, 5.41) is 4.26. The second kappa shape index (κ2) is 6.38. The fraction of sp³-hybridized carbons (Fsp3) is 0.150. The number of nitrogens with one attached hydrogen (secondary N) is 2. The number of cyclic esters (lactones) is 2. The van der Waals surface area contributed by atoms with Crippen molar-refractivity contribution in [2.24, 2.45) is 0 Å². The van der Waals surface area contributed by atoms with Gasteiger partial charge in [0.2, 0.25) is 0 Å². The Kier molecular flexibility index (Phi) is 4.12. The molecule has 0 aliphatic carbocycles. The standard InChI is InChI=1S/C20H15ClN2O5/c1-20(2)27-18(25)13(19(26)28-20)9-22-15-5-3-4-11-16(15)23-14-7-6-10(21)8-12(14)17(11)24/h3-9,22H,1-2H3,(H,23,24). The first-order valence-corrected chi connectivity index (χ1v) is 8.81. The van der Waals surface area contributed by atoms with Gasteiger partial charge in [-0.05, 0) is 30.3 Å².